The Kier molecular flexibility index (Phi) is 3.39. The average molecular weight is 267 g/mol. The molecular weight excluding hydrogens is 254 g/mol. The molecule has 0 fully saturated rings. The number of nitriles is 1. The lowest BCUT2D eigenvalue weighted by atomic mass is 10.0. The van der Waals surface area contributed by atoms with Gasteiger partial charge in [0.15, 0.2) is 0 Å². The lowest BCUT2D eigenvalue weighted by Crippen LogP contribution is -2.17. The second-order valence-electron chi connectivity index (χ2n) is 4.38. The van der Waals surface area contributed by atoms with Crippen LogP contribution in [0.3, 0.4) is 0 Å². The Labute approximate surface area is 116 Å². The van der Waals surface area contributed by atoms with Gasteiger partial charge in [0, 0.05) is 16.8 Å². The maximum absolute atomic E-state index is 9.11. The van der Waals surface area contributed by atoms with E-state index >= 15 is 0 Å². The number of rotatable bonds is 2. The number of nitrogens with one attached hydrogen (secondary N) is 1. The molecule has 1 aliphatic heterocycles. The van der Waals surface area contributed by atoms with Crippen LogP contribution in [0.2, 0.25) is 0 Å². The van der Waals surface area contributed by atoms with Crippen LogP contribution in [-0.2, 0) is 0 Å². The lowest BCUT2D eigenvalue weighted by Gasteiger charge is -2.26. The third-order valence-electron chi connectivity index (χ3n) is 3.20. The van der Waals surface area contributed by atoms with E-state index in [-0.39, 0.29) is 6.04 Å². The minimum Gasteiger partial charge on any atom is -0.362 e. The molecule has 0 bridgehead atoms. The zero-order chi connectivity index (χ0) is 13.1. The molecule has 0 aliphatic carbocycles. The van der Waals surface area contributed by atoms with Crippen LogP contribution in [-0.4, -0.2) is 10.7 Å². The number of benzene rings is 1. The van der Waals surface area contributed by atoms with E-state index < -0.39 is 0 Å². The van der Waals surface area contributed by atoms with Crippen molar-refractivity contribution < 1.29 is 0 Å². The van der Waals surface area contributed by atoms with Crippen LogP contribution < -0.4 is 5.32 Å². The molecule has 3 nitrogen and oxygen atoms in total. The van der Waals surface area contributed by atoms with E-state index in [0.717, 1.165) is 12.2 Å². The molecule has 1 aliphatic rings. The first-order chi connectivity index (χ1) is 9.38. The summed E-state index contributed by atoms with van der Waals surface area (Å²) in [5, 5.41) is 12.5. The fourth-order valence-corrected chi connectivity index (χ4v) is 3.39. The van der Waals surface area contributed by atoms with Crippen molar-refractivity contribution in [1.82, 2.24) is 4.98 Å². The number of anilines is 1. The minimum absolute atomic E-state index is 0.236. The smallest absolute Gasteiger partial charge is 0.144 e. The van der Waals surface area contributed by atoms with Crippen molar-refractivity contribution >= 4 is 17.6 Å². The number of aromatic nitrogens is 1. The van der Waals surface area contributed by atoms with Crippen LogP contribution in [0.25, 0.3) is 0 Å². The molecule has 0 radical (unpaired) electrons. The first kappa shape index (κ1) is 12.1. The van der Waals surface area contributed by atoms with Gasteiger partial charge in [0.2, 0.25) is 0 Å². The largest absolute Gasteiger partial charge is 0.362 e. The van der Waals surface area contributed by atoms with Crippen LogP contribution in [0, 0.1) is 11.3 Å². The van der Waals surface area contributed by atoms with Gasteiger partial charge >= 0.3 is 0 Å². The zero-order valence-electron chi connectivity index (χ0n) is 10.3. The van der Waals surface area contributed by atoms with Gasteiger partial charge in [-0.2, -0.15) is 5.26 Å². The lowest BCUT2D eigenvalue weighted by molar-refractivity contribution is 0.724. The highest BCUT2D eigenvalue weighted by molar-refractivity contribution is 7.99. The molecule has 1 aromatic carbocycles. The van der Waals surface area contributed by atoms with Crippen LogP contribution in [0.15, 0.2) is 47.5 Å². The van der Waals surface area contributed by atoms with Gasteiger partial charge in [-0.25, -0.2) is 4.98 Å². The van der Waals surface area contributed by atoms with Crippen LogP contribution >= 0.6 is 11.8 Å². The maximum Gasteiger partial charge on any atom is 0.144 e. The summed E-state index contributed by atoms with van der Waals surface area (Å²) in [6.07, 6.45) is 2.76. The summed E-state index contributed by atoms with van der Waals surface area (Å²) in [5.41, 5.74) is 1.89. The predicted molar refractivity (Wildman–Crippen MR) is 77.1 cm³/mol. The first-order valence-electron chi connectivity index (χ1n) is 6.22. The number of hydrogen-bond acceptors (Lipinski definition) is 4. The third kappa shape index (κ3) is 2.42. The second-order valence-corrected chi connectivity index (χ2v) is 5.52. The summed E-state index contributed by atoms with van der Waals surface area (Å²) in [6.45, 7) is 0. The van der Waals surface area contributed by atoms with Crippen LogP contribution in [0.5, 0.6) is 0 Å². The highest BCUT2D eigenvalue weighted by atomic mass is 32.2. The van der Waals surface area contributed by atoms with Crippen molar-refractivity contribution in [3.63, 3.8) is 0 Å². The summed E-state index contributed by atoms with van der Waals surface area (Å²) in [4.78, 5) is 5.60. The van der Waals surface area contributed by atoms with Crippen molar-refractivity contribution in [1.29, 1.82) is 5.26 Å². The summed E-state index contributed by atoms with van der Waals surface area (Å²) >= 11 is 1.89. The van der Waals surface area contributed by atoms with Crippen molar-refractivity contribution in [2.75, 3.05) is 11.1 Å². The van der Waals surface area contributed by atoms with Gasteiger partial charge in [-0.1, -0.05) is 18.2 Å². The minimum atomic E-state index is 0.236. The molecule has 1 N–H and O–H groups in total. The van der Waals surface area contributed by atoms with Crippen molar-refractivity contribution in [2.24, 2.45) is 0 Å². The van der Waals surface area contributed by atoms with Crippen LogP contribution in [0.4, 0.5) is 5.82 Å². The molecule has 0 spiro atoms. The Morgan fingerprint density at radius 3 is 3.05 bits per heavy atom. The predicted octanol–water partition coefficient (Wildman–Crippen LogP) is 3.60. The SMILES string of the molecule is N#Cc1cccnc1NC1CCSc2ccccc21. The molecule has 2 aromatic rings. The quantitative estimate of drug-likeness (QED) is 0.903. The van der Waals surface area contributed by atoms with E-state index in [1.807, 2.05) is 11.8 Å². The zero-order valence-corrected chi connectivity index (χ0v) is 11.2. The fraction of sp³-hybridized carbons (Fsp3) is 0.200. The molecule has 4 heteroatoms. The molecular formula is C15H13N3S. The van der Waals surface area contributed by atoms with E-state index in [1.165, 1.54) is 10.5 Å². The maximum atomic E-state index is 9.11. The number of pyridine rings is 1. The van der Waals surface area contributed by atoms with Crippen molar-refractivity contribution in [3.05, 3.63) is 53.7 Å². The Hall–Kier alpha value is -1.99. The van der Waals surface area contributed by atoms with Gasteiger partial charge in [-0.05, 0) is 30.2 Å². The Morgan fingerprint density at radius 2 is 2.16 bits per heavy atom. The van der Waals surface area contributed by atoms with E-state index in [0.29, 0.717) is 11.4 Å². The molecule has 0 amide bonds. The highest BCUT2D eigenvalue weighted by Crippen LogP contribution is 2.37. The van der Waals surface area contributed by atoms with E-state index in [4.69, 9.17) is 5.26 Å². The Bertz CT molecular complexity index is 633. The third-order valence-corrected chi connectivity index (χ3v) is 4.32. The van der Waals surface area contributed by atoms with Crippen LogP contribution in [0.1, 0.15) is 23.6 Å². The Morgan fingerprint density at radius 1 is 1.26 bits per heavy atom. The van der Waals surface area contributed by atoms with Crippen molar-refractivity contribution in [2.45, 2.75) is 17.4 Å². The first-order valence-corrected chi connectivity index (χ1v) is 7.20. The number of thioether (sulfide) groups is 1. The van der Waals surface area contributed by atoms with Gasteiger partial charge in [0.1, 0.15) is 11.9 Å². The number of hydrogen-bond donors (Lipinski definition) is 1. The molecule has 1 atom stereocenters. The average Bonchev–Trinajstić information content (AvgIpc) is 2.48. The topological polar surface area (TPSA) is 48.7 Å². The standard InChI is InChI=1S/C15H13N3S/c16-10-11-4-3-8-17-15(11)18-13-7-9-19-14-6-2-1-5-12(13)14/h1-6,8,13H,7,9H2,(H,17,18). The van der Waals surface area contributed by atoms with Gasteiger partial charge in [-0.3, -0.25) is 0 Å². The van der Waals surface area contributed by atoms with Gasteiger partial charge in [0.25, 0.3) is 0 Å². The van der Waals surface area contributed by atoms with Gasteiger partial charge in [-0.15, -0.1) is 11.8 Å². The molecule has 2 heterocycles. The fourth-order valence-electron chi connectivity index (χ4n) is 2.27. The van der Waals surface area contributed by atoms with Gasteiger partial charge < -0.3 is 5.32 Å². The number of fused-ring (bicyclic) bond motifs is 1. The van der Waals surface area contributed by atoms with Gasteiger partial charge in [0.05, 0.1) is 11.6 Å². The number of nitrogens with zero attached hydrogens (tertiary/aromatic N) is 2. The molecule has 3 rings (SSSR count). The molecule has 0 saturated carbocycles. The molecule has 19 heavy (non-hydrogen) atoms. The normalized spacial score (nSPS) is 17.3. The molecule has 0 saturated heterocycles. The van der Waals surface area contributed by atoms with E-state index in [1.54, 1.807) is 18.3 Å². The molecule has 94 valence electrons. The van der Waals surface area contributed by atoms with E-state index in [2.05, 4.69) is 40.6 Å². The highest BCUT2D eigenvalue weighted by Gasteiger charge is 2.21. The summed E-state index contributed by atoms with van der Waals surface area (Å²) in [6, 6.07) is 14.4. The van der Waals surface area contributed by atoms with E-state index in [9.17, 15) is 0 Å². The molecule has 1 unspecified atom stereocenters. The molecule has 1 aromatic heterocycles. The van der Waals surface area contributed by atoms with Crippen molar-refractivity contribution in [3.8, 4) is 6.07 Å². The second kappa shape index (κ2) is 5.33. The summed E-state index contributed by atoms with van der Waals surface area (Å²) < 4.78 is 0. The monoisotopic (exact) mass is 267 g/mol. The summed E-state index contributed by atoms with van der Waals surface area (Å²) in [5.74, 6) is 1.76. The Balaban J connectivity index is 1.91. The summed E-state index contributed by atoms with van der Waals surface area (Å²) in [7, 11) is 0.